The van der Waals surface area contributed by atoms with Crippen LogP contribution in [0, 0.1) is 0 Å². The maximum atomic E-state index is 12.1. The number of rotatable bonds is 2. The molecule has 3 rings (SSSR count). The highest BCUT2D eigenvalue weighted by Crippen LogP contribution is 2.40. The first-order valence-corrected chi connectivity index (χ1v) is 6.42. The molecule has 0 spiro atoms. The molecule has 1 aliphatic heterocycles. The third-order valence-electron chi connectivity index (χ3n) is 2.95. The largest absolute Gasteiger partial charge is 0.449 e. The molecule has 0 bridgehead atoms. The van der Waals surface area contributed by atoms with Crippen LogP contribution in [0.3, 0.4) is 0 Å². The highest BCUT2D eigenvalue weighted by Gasteiger charge is 2.31. The summed E-state index contributed by atoms with van der Waals surface area (Å²) in [7, 11) is 0. The Labute approximate surface area is 117 Å². The lowest BCUT2D eigenvalue weighted by Crippen LogP contribution is -2.29. The number of nitrogens with one attached hydrogen (secondary N) is 1. The number of anilines is 1. The minimum Gasteiger partial charge on any atom is -0.449 e. The summed E-state index contributed by atoms with van der Waals surface area (Å²) in [6.45, 7) is 3.68. The van der Waals surface area contributed by atoms with Gasteiger partial charge in [0.1, 0.15) is 0 Å². The van der Waals surface area contributed by atoms with E-state index in [9.17, 15) is 4.79 Å². The minimum atomic E-state index is -0.662. The summed E-state index contributed by atoms with van der Waals surface area (Å²) >= 11 is 0. The lowest BCUT2D eigenvalue weighted by Gasteiger charge is -2.16. The molecule has 1 aliphatic rings. The van der Waals surface area contributed by atoms with E-state index in [1.165, 1.54) is 0 Å². The average Bonchev–Trinajstić information content (AvgIpc) is 2.73. The standard InChI is InChI=1S/C16H15NO3/c1-16(2)19-13-9-8-12(10-14(13)20-16)17-15(18)11-6-4-3-5-7-11/h3-10H,1-2H3,(H,17,18). The molecule has 0 fully saturated rings. The second-order valence-electron chi connectivity index (χ2n) is 5.09. The normalized spacial score (nSPS) is 14.9. The third-order valence-corrected chi connectivity index (χ3v) is 2.95. The Hall–Kier alpha value is -2.49. The molecule has 0 saturated heterocycles. The fraction of sp³-hybridized carbons (Fsp3) is 0.188. The predicted molar refractivity (Wildman–Crippen MR) is 76.2 cm³/mol. The molecule has 0 atom stereocenters. The summed E-state index contributed by atoms with van der Waals surface area (Å²) in [5.74, 6) is 0.516. The molecule has 0 aliphatic carbocycles. The van der Waals surface area contributed by atoms with Gasteiger partial charge in [-0.05, 0) is 24.3 Å². The van der Waals surface area contributed by atoms with Crippen LogP contribution in [0.1, 0.15) is 24.2 Å². The van der Waals surface area contributed by atoms with E-state index in [-0.39, 0.29) is 5.91 Å². The maximum absolute atomic E-state index is 12.1. The quantitative estimate of drug-likeness (QED) is 0.908. The fourth-order valence-corrected chi connectivity index (χ4v) is 2.09. The van der Waals surface area contributed by atoms with E-state index in [2.05, 4.69) is 5.32 Å². The Balaban J connectivity index is 1.79. The SMILES string of the molecule is CC1(C)Oc2ccc(NC(=O)c3ccccc3)cc2O1. The monoisotopic (exact) mass is 269 g/mol. The molecule has 0 aromatic heterocycles. The van der Waals surface area contributed by atoms with Crippen molar-refractivity contribution in [1.82, 2.24) is 0 Å². The summed E-state index contributed by atoms with van der Waals surface area (Å²) in [4.78, 5) is 12.1. The zero-order chi connectivity index (χ0) is 14.2. The first-order valence-electron chi connectivity index (χ1n) is 6.42. The van der Waals surface area contributed by atoms with Crippen LogP contribution in [-0.2, 0) is 0 Å². The van der Waals surface area contributed by atoms with Gasteiger partial charge in [0.15, 0.2) is 11.5 Å². The van der Waals surface area contributed by atoms with E-state index in [0.29, 0.717) is 22.7 Å². The number of amides is 1. The number of benzene rings is 2. The molecule has 1 N–H and O–H groups in total. The van der Waals surface area contributed by atoms with Crippen molar-refractivity contribution in [3.05, 3.63) is 54.1 Å². The highest BCUT2D eigenvalue weighted by molar-refractivity contribution is 6.04. The van der Waals surface area contributed by atoms with Crippen molar-refractivity contribution in [2.75, 3.05) is 5.32 Å². The first kappa shape index (κ1) is 12.5. The van der Waals surface area contributed by atoms with E-state index in [1.807, 2.05) is 32.0 Å². The van der Waals surface area contributed by atoms with Gasteiger partial charge in [0.25, 0.3) is 5.91 Å². The second kappa shape index (κ2) is 4.56. The summed E-state index contributed by atoms with van der Waals surface area (Å²) in [5.41, 5.74) is 1.30. The number of hydrogen-bond donors (Lipinski definition) is 1. The fourth-order valence-electron chi connectivity index (χ4n) is 2.09. The molecule has 20 heavy (non-hydrogen) atoms. The summed E-state index contributed by atoms with van der Waals surface area (Å²) < 4.78 is 11.3. The maximum Gasteiger partial charge on any atom is 0.255 e. The smallest absolute Gasteiger partial charge is 0.255 e. The van der Waals surface area contributed by atoms with E-state index < -0.39 is 5.79 Å². The summed E-state index contributed by atoms with van der Waals surface area (Å²) in [6, 6.07) is 14.4. The Morgan fingerprint density at radius 1 is 1.00 bits per heavy atom. The molecule has 4 heteroatoms. The molecule has 2 aromatic carbocycles. The van der Waals surface area contributed by atoms with Gasteiger partial charge in [-0.2, -0.15) is 0 Å². The highest BCUT2D eigenvalue weighted by atomic mass is 16.7. The zero-order valence-electron chi connectivity index (χ0n) is 11.3. The molecular weight excluding hydrogens is 254 g/mol. The summed E-state index contributed by atoms with van der Waals surface area (Å²) in [6.07, 6.45) is 0. The van der Waals surface area contributed by atoms with Crippen LogP contribution in [0.5, 0.6) is 11.5 Å². The molecule has 1 amide bonds. The van der Waals surface area contributed by atoms with Gasteiger partial charge in [-0.3, -0.25) is 4.79 Å². The predicted octanol–water partition coefficient (Wildman–Crippen LogP) is 3.45. The van der Waals surface area contributed by atoms with Crippen molar-refractivity contribution < 1.29 is 14.3 Å². The van der Waals surface area contributed by atoms with E-state index in [4.69, 9.17) is 9.47 Å². The Morgan fingerprint density at radius 3 is 2.45 bits per heavy atom. The molecule has 0 unspecified atom stereocenters. The molecule has 0 saturated carbocycles. The Bertz CT molecular complexity index is 650. The molecule has 4 nitrogen and oxygen atoms in total. The molecule has 1 heterocycles. The topological polar surface area (TPSA) is 47.6 Å². The van der Waals surface area contributed by atoms with Crippen molar-refractivity contribution in [2.24, 2.45) is 0 Å². The van der Waals surface area contributed by atoms with Gasteiger partial charge in [0, 0.05) is 31.2 Å². The molecular formula is C16H15NO3. The van der Waals surface area contributed by atoms with Crippen LogP contribution in [0.15, 0.2) is 48.5 Å². The van der Waals surface area contributed by atoms with Gasteiger partial charge in [0.2, 0.25) is 5.79 Å². The van der Waals surface area contributed by atoms with Crippen LogP contribution >= 0.6 is 0 Å². The van der Waals surface area contributed by atoms with Gasteiger partial charge < -0.3 is 14.8 Å². The molecule has 0 radical (unpaired) electrons. The number of carbonyl (C=O) groups is 1. The number of hydrogen-bond acceptors (Lipinski definition) is 3. The van der Waals surface area contributed by atoms with Gasteiger partial charge in [-0.15, -0.1) is 0 Å². The summed E-state index contributed by atoms with van der Waals surface area (Å²) in [5, 5.41) is 2.84. The first-order chi connectivity index (χ1) is 9.53. The van der Waals surface area contributed by atoms with Crippen LogP contribution in [-0.4, -0.2) is 11.7 Å². The number of ether oxygens (including phenoxy) is 2. The lowest BCUT2D eigenvalue weighted by atomic mass is 10.2. The van der Waals surface area contributed by atoms with Crippen LogP contribution in [0.25, 0.3) is 0 Å². The van der Waals surface area contributed by atoms with Gasteiger partial charge in [0.05, 0.1) is 0 Å². The van der Waals surface area contributed by atoms with Crippen LogP contribution in [0.4, 0.5) is 5.69 Å². The third kappa shape index (κ3) is 2.45. The van der Waals surface area contributed by atoms with E-state index in [0.717, 1.165) is 0 Å². The Morgan fingerprint density at radius 2 is 1.70 bits per heavy atom. The van der Waals surface area contributed by atoms with Crippen molar-refractivity contribution in [2.45, 2.75) is 19.6 Å². The molecule has 102 valence electrons. The Kier molecular flexibility index (Phi) is 2.86. The van der Waals surface area contributed by atoms with E-state index >= 15 is 0 Å². The number of carbonyl (C=O) groups excluding carboxylic acids is 1. The lowest BCUT2D eigenvalue weighted by molar-refractivity contribution is -0.0431. The van der Waals surface area contributed by atoms with Crippen LogP contribution < -0.4 is 14.8 Å². The second-order valence-corrected chi connectivity index (χ2v) is 5.09. The van der Waals surface area contributed by atoms with Crippen molar-refractivity contribution >= 4 is 11.6 Å². The van der Waals surface area contributed by atoms with Crippen molar-refractivity contribution in [3.8, 4) is 11.5 Å². The van der Waals surface area contributed by atoms with Crippen molar-refractivity contribution in [3.63, 3.8) is 0 Å². The minimum absolute atomic E-state index is 0.149. The van der Waals surface area contributed by atoms with Crippen molar-refractivity contribution in [1.29, 1.82) is 0 Å². The van der Waals surface area contributed by atoms with Gasteiger partial charge >= 0.3 is 0 Å². The van der Waals surface area contributed by atoms with Gasteiger partial charge in [-0.1, -0.05) is 18.2 Å². The van der Waals surface area contributed by atoms with Gasteiger partial charge in [-0.25, -0.2) is 0 Å². The zero-order valence-corrected chi connectivity index (χ0v) is 11.3. The molecule has 2 aromatic rings. The average molecular weight is 269 g/mol. The van der Waals surface area contributed by atoms with Crippen LogP contribution in [0.2, 0.25) is 0 Å². The van der Waals surface area contributed by atoms with E-state index in [1.54, 1.807) is 30.3 Å². The number of fused-ring (bicyclic) bond motifs is 1.